The van der Waals surface area contributed by atoms with Crippen LogP contribution in [0, 0.1) is 11.7 Å². The predicted molar refractivity (Wildman–Crippen MR) is 79.5 cm³/mol. The van der Waals surface area contributed by atoms with Gasteiger partial charge in [0.25, 0.3) is 5.91 Å². The first kappa shape index (κ1) is 15.0. The van der Waals surface area contributed by atoms with Crippen molar-refractivity contribution in [3.05, 3.63) is 35.6 Å². The molecule has 0 spiro atoms. The van der Waals surface area contributed by atoms with E-state index in [2.05, 4.69) is 15.5 Å². The maximum absolute atomic E-state index is 13.8. The van der Waals surface area contributed by atoms with Crippen LogP contribution in [0.15, 0.2) is 24.3 Å². The Labute approximate surface area is 128 Å². The fourth-order valence-corrected chi connectivity index (χ4v) is 3.38. The first-order valence-electron chi connectivity index (χ1n) is 7.58. The van der Waals surface area contributed by atoms with E-state index >= 15 is 0 Å². The number of amides is 3. The van der Waals surface area contributed by atoms with Crippen molar-refractivity contribution in [1.29, 1.82) is 0 Å². The number of carbonyl (C=O) groups is 2. The molecule has 22 heavy (non-hydrogen) atoms. The second-order valence-electron chi connectivity index (χ2n) is 6.28. The Morgan fingerprint density at radius 1 is 1.36 bits per heavy atom. The highest BCUT2D eigenvalue weighted by molar-refractivity contribution is 6.06. The highest BCUT2D eigenvalue weighted by Crippen LogP contribution is 2.30. The van der Waals surface area contributed by atoms with E-state index in [0.717, 1.165) is 19.4 Å². The van der Waals surface area contributed by atoms with Crippen LogP contribution < -0.4 is 10.6 Å². The van der Waals surface area contributed by atoms with Crippen molar-refractivity contribution in [3.8, 4) is 0 Å². The normalized spacial score (nSPS) is 29.3. The molecular weight excluding hydrogens is 285 g/mol. The summed E-state index contributed by atoms with van der Waals surface area (Å²) in [5.41, 5.74) is -0.210. The minimum absolute atomic E-state index is 0.0273. The Kier molecular flexibility index (Phi) is 3.87. The molecule has 2 aliphatic heterocycles. The van der Waals surface area contributed by atoms with Crippen LogP contribution in [0.25, 0.3) is 0 Å². The minimum Gasteiger partial charge on any atom is -0.323 e. The van der Waals surface area contributed by atoms with Gasteiger partial charge in [-0.2, -0.15) is 0 Å². The van der Waals surface area contributed by atoms with E-state index in [1.165, 1.54) is 6.07 Å². The molecule has 0 radical (unpaired) electrons. The Morgan fingerprint density at radius 3 is 2.82 bits per heavy atom. The van der Waals surface area contributed by atoms with Crippen LogP contribution in [-0.2, 0) is 11.3 Å². The van der Waals surface area contributed by atoms with Crippen molar-refractivity contribution in [3.63, 3.8) is 0 Å². The van der Waals surface area contributed by atoms with Crippen molar-refractivity contribution in [1.82, 2.24) is 15.5 Å². The van der Waals surface area contributed by atoms with Gasteiger partial charge in [-0.25, -0.2) is 9.18 Å². The maximum Gasteiger partial charge on any atom is 0.322 e. The molecular formula is C16H20FN3O2. The number of rotatable bonds is 3. The molecule has 2 atom stereocenters. The number of hydrogen-bond acceptors (Lipinski definition) is 3. The van der Waals surface area contributed by atoms with Gasteiger partial charge in [0.15, 0.2) is 0 Å². The minimum atomic E-state index is -0.870. The molecule has 3 rings (SSSR count). The number of nitrogens with zero attached hydrogens (tertiary/aromatic N) is 1. The van der Waals surface area contributed by atoms with Crippen LogP contribution in [0.4, 0.5) is 9.18 Å². The first-order chi connectivity index (χ1) is 10.5. The first-order valence-corrected chi connectivity index (χ1v) is 7.58. The van der Waals surface area contributed by atoms with Gasteiger partial charge in [0.1, 0.15) is 11.4 Å². The van der Waals surface area contributed by atoms with Gasteiger partial charge in [-0.15, -0.1) is 0 Å². The Hall–Kier alpha value is -1.95. The molecule has 118 valence electrons. The van der Waals surface area contributed by atoms with Crippen LogP contribution in [0.3, 0.4) is 0 Å². The van der Waals surface area contributed by atoms with E-state index in [4.69, 9.17) is 0 Å². The molecule has 6 heteroatoms. The van der Waals surface area contributed by atoms with E-state index in [9.17, 15) is 14.0 Å². The monoisotopic (exact) mass is 305 g/mol. The summed E-state index contributed by atoms with van der Waals surface area (Å²) in [6, 6.07) is 6.31. The molecule has 0 saturated carbocycles. The van der Waals surface area contributed by atoms with Crippen LogP contribution in [0.1, 0.15) is 25.3 Å². The van der Waals surface area contributed by atoms with E-state index in [-0.39, 0.29) is 17.6 Å². The van der Waals surface area contributed by atoms with E-state index in [1.807, 2.05) is 6.07 Å². The average molecular weight is 305 g/mol. The molecule has 3 amide bonds. The third-order valence-electron chi connectivity index (χ3n) is 4.75. The molecule has 0 aliphatic carbocycles. The summed E-state index contributed by atoms with van der Waals surface area (Å²) in [4.78, 5) is 25.6. The molecule has 2 heterocycles. The van der Waals surface area contributed by atoms with E-state index < -0.39 is 11.6 Å². The zero-order valence-corrected chi connectivity index (χ0v) is 12.6. The van der Waals surface area contributed by atoms with Crippen LogP contribution >= 0.6 is 0 Å². The van der Waals surface area contributed by atoms with Crippen LogP contribution in [0.5, 0.6) is 0 Å². The van der Waals surface area contributed by atoms with Crippen molar-refractivity contribution < 1.29 is 14.0 Å². The van der Waals surface area contributed by atoms with E-state index in [0.29, 0.717) is 18.7 Å². The summed E-state index contributed by atoms with van der Waals surface area (Å²) >= 11 is 0. The smallest absolute Gasteiger partial charge is 0.322 e. The van der Waals surface area contributed by atoms with Gasteiger partial charge >= 0.3 is 6.03 Å². The number of carbonyl (C=O) groups excluding carboxylic acids is 2. The Bertz CT molecular complexity index is 607. The van der Waals surface area contributed by atoms with Gasteiger partial charge in [0.2, 0.25) is 0 Å². The molecule has 0 aromatic heterocycles. The van der Waals surface area contributed by atoms with Gasteiger partial charge in [0, 0.05) is 24.6 Å². The fourth-order valence-electron chi connectivity index (χ4n) is 3.38. The number of piperidine rings is 1. The van der Waals surface area contributed by atoms with Gasteiger partial charge in [0.05, 0.1) is 0 Å². The molecule has 1 aromatic rings. The lowest BCUT2D eigenvalue weighted by Crippen LogP contribution is -2.55. The lowest BCUT2D eigenvalue weighted by Gasteiger charge is -2.39. The number of urea groups is 1. The van der Waals surface area contributed by atoms with Gasteiger partial charge in [-0.05, 0) is 32.4 Å². The lowest BCUT2D eigenvalue weighted by atomic mass is 9.80. The third kappa shape index (κ3) is 2.70. The van der Waals surface area contributed by atoms with Gasteiger partial charge < -0.3 is 5.32 Å². The van der Waals surface area contributed by atoms with Gasteiger partial charge in [-0.3, -0.25) is 15.0 Å². The summed E-state index contributed by atoms with van der Waals surface area (Å²) in [7, 11) is 0. The molecule has 0 unspecified atom stereocenters. The van der Waals surface area contributed by atoms with Crippen molar-refractivity contribution >= 4 is 11.9 Å². The topological polar surface area (TPSA) is 61.4 Å². The fraction of sp³-hybridized carbons (Fsp3) is 0.500. The van der Waals surface area contributed by atoms with E-state index in [1.54, 1.807) is 19.1 Å². The van der Waals surface area contributed by atoms with Crippen LogP contribution in [-0.4, -0.2) is 35.5 Å². The van der Waals surface area contributed by atoms with Crippen molar-refractivity contribution in [2.75, 3.05) is 13.1 Å². The average Bonchev–Trinajstić information content (AvgIpc) is 2.76. The number of hydrogen-bond donors (Lipinski definition) is 2. The summed E-state index contributed by atoms with van der Waals surface area (Å²) in [6.07, 6.45) is 1.80. The quantitative estimate of drug-likeness (QED) is 0.835. The van der Waals surface area contributed by atoms with Crippen LogP contribution in [0.2, 0.25) is 0 Å². The summed E-state index contributed by atoms with van der Waals surface area (Å²) in [5.74, 6) is -0.447. The maximum atomic E-state index is 13.8. The molecule has 2 aliphatic rings. The standard InChI is InChI=1S/C16H20FN3O2/c1-16(14(21)18-15(22)19-16)12-6-4-8-20(10-12)9-11-5-2-3-7-13(11)17/h2-3,5,7,12H,4,6,8-10H2,1H3,(H2,18,19,21,22)/t12-,16+/m0/s1. The second kappa shape index (κ2) is 5.68. The number of likely N-dealkylation sites (tertiary alicyclic amines) is 1. The van der Waals surface area contributed by atoms with Crippen molar-refractivity contribution in [2.45, 2.75) is 31.8 Å². The second-order valence-corrected chi connectivity index (χ2v) is 6.28. The molecule has 0 bridgehead atoms. The largest absolute Gasteiger partial charge is 0.323 e. The molecule has 2 saturated heterocycles. The number of benzene rings is 1. The molecule has 2 fully saturated rings. The summed E-state index contributed by atoms with van der Waals surface area (Å²) in [5, 5.41) is 5.06. The molecule has 1 aromatic carbocycles. The summed E-state index contributed by atoms with van der Waals surface area (Å²) < 4.78 is 13.8. The SMILES string of the molecule is C[C@]1([C@H]2CCCN(Cc3ccccc3F)C2)NC(=O)NC1=O. The van der Waals surface area contributed by atoms with Crippen molar-refractivity contribution in [2.24, 2.45) is 5.92 Å². The zero-order chi connectivity index (χ0) is 15.7. The Morgan fingerprint density at radius 2 is 2.14 bits per heavy atom. The van der Waals surface area contributed by atoms with Gasteiger partial charge in [-0.1, -0.05) is 18.2 Å². The Balaban J connectivity index is 1.71. The third-order valence-corrected chi connectivity index (χ3v) is 4.75. The highest BCUT2D eigenvalue weighted by Gasteiger charge is 2.48. The number of imide groups is 1. The molecule has 2 N–H and O–H groups in total. The lowest BCUT2D eigenvalue weighted by molar-refractivity contribution is -0.126. The highest BCUT2D eigenvalue weighted by atomic mass is 19.1. The predicted octanol–water partition coefficient (Wildman–Crippen LogP) is 1.64. The number of nitrogens with one attached hydrogen (secondary N) is 2. The number of halogens is 1. The summed E-state index contributed by atoms with van der Waals surface area (Å²) in [6.45, 7) is 3.83. The molecule has 5 nitrogen and oxygen atoms in total. The zero-order valence-electron chi connectivity index (χ0n) is 12.6.